The van der Waals surface area contributed by atoms with Gasteiger partial charge in [-0.2, -0.15) is 13.2 Å². The monoisotopic (exact) mass is 270 g/mol. The van der Waals surface area contributed by atoms with Gasteiger partial charge in [-0.3, -0.25) is 4.79 Å². The minimum atomic E-state index is -4.70. The molecule has 1 saturated heterocycles. The van der Waals surface area contributed by atoms with E-state index in [9.17, 15) is 23.1 Å². The van der Waals surface area contributed by atoms with Crippen molar-refractivity contribution in [2.24, 2.45) is 0 Å². The highest BCUT2D eigenvalue weighted by atomic mass is 19.4. The Kier molecular flexibility index (Phi) is 4.94. The summed E-state index contributed by atoms with van der Waals surface area (Å²) in [5.41, 5.74) is -2.77. The Balaban J connectivity index is 2.39. The summed E-state index contributed by atoms with van der Waals surface area (Å²) in [6.45, 7) is 0.0266. The first-order chi connectivity index (χ1) is 8.30. The van der Waals surface area contributed by atoms with Crippen LogP contribution in [-0.2, 0) is 9.53 Å². The molecule has 1 atom stereocenters. The number of hydrogen-bond acceptors (Lipinski definition) is 4. The predicted octanol–water partition coefficient (Wildman–Crippen LogP) is -0.252. The van der Waals surface area contributed by atoms with Gasteiger partial charge >= 0.3 is 6.18 Å². The maximum atomic E-state index is 12.5. The van der Waals surface area contributed by atoms with Crippen LogP contribution in [0.4, 0.5) is 13.2 Å². The molecule has 106 valence electrons. The topological polar surface area (TPSA) is 61.8 Å². The molecule has 1 aliphatic heterocycles. The average Bonchev–Trinajstić information content (AvgIpc) is 2.68. The Labute approximate surface area is 103 Å². The number of carbonyl (C=O) groups is 1. The number of methoxy groups -OCH3 is 1. The Morgan fingerprint density at radius 1 is 1.56 bits per heavy atom. The van der Waals surface area contributed by atoms with Crippen molar-refractivity contribution in [1.82, 2.24) is 10.2 Å². The summed E-state index contributed by atoms with van der Waals surface area (Å²) in [5, 5.41) is 12.1. The number of alkyl halides is 3. The van der Waals surface area contributed by atoms with E-state index in [2.05, 4.69) is 5.32 Å². The van der Waals surface area contributed by atoms with Gasteiger partial charge in [0, 0.05) is 26.6 Å². The van der Waals surface area contributed by atoms with Gasteiger partial charge < -0.3 is 20.1 Å². The van der Waals surface area contributed by atoms with Crippen LogP contribution in [0.2, 0.25) is 0 Å². The van der Waals surface area contributed by atoms with Crippen LogP contribution in [0.25, 0.3) is 0 Å². The number of β-amino-alcohol motifs (C(OH)–C–C–N with tert-alkyl or cyclic N) is 1. The molecule has 0 saturated carbocycles. The summed E-state index contributed by atoms with van der Waals surface area (Å²) in [6, 6.07) is 0. The Hall–Kier alpha value is -0.860. The fourth-order valence-electron chi connectivity index (χ4n) is 1.72. The van der Waals surface area contributed by atoms with Gasteiger partial charge in [0.2, 0.25) is 5.91 Å². The van der Waals surface area contributed by atoms with E-state index < -0.39 is 30.7 Å². The first-order valence-corrected chi connectivity index (χ1v) is 5.57. The van der Waals surface area contributed by atoms with E-state index in [1.165, 1.54) is 7.11 Å². The van der Waals surface area contributed by atoms with E-state index in [1.54, 1.807) is 0 Å². The number of carbonyl (C=O) groups excluding carboxylic acids is 1. The van der Waals surface area contributed by atoms with Crippen molar-refractivity contribution in [3.63, 3.8) is 0 Å². The third kappa shape index (κ3) is 3.56. The van der Waals surface area contributed by atoms with Gasteiger partial charge in [0.1, 0.15) is 0 Å². The van der Waals surface area contributed by atoms with Crippen LogP contribution in [0.15, 0.2) is 0 Å². The van der Waals surface area contributed by atoms with Crippen LogP contribution in [0, 0.1) is 0 Å². The molecular weight excluding hydrogens is 253 g/mol. The minimum Gasteiger partial charge on any atom is -0.383 e. The van der Waals surface area contributed by atoms with Gasteiger partial charge in [0.25, 0.3) is 0 Å². The number of aliphatic hydroxyl groups is 1. The summed E-state index contributed by atoms with van der Waals surface area (Å²) in [5.74, 6) is -0.453. The van der Waals surface area contributed by atoms with E-state index in [1.807, 2.05) is 0 Å². The number of hydrogen-bond donors (Lipinski definition) is 2. The van der Waals surface area contributed by atoms with E-state index in [0.717, 1.165) is 4.90 Å². The highest BCUT2D eigenvalue weighted by Gasteiger charge is 2.57. The second-order valence-corrected chi connectivity index (χ2v) is 4.26. The van der Waals surface area contributed by atoms with Crippen molar-refractivity contribution in [3.8, 4) is 0 Å². The van der Waals surface area contributed by atoms with Crippen molar-refractivity contribution in [1.29, 1.82) is 0 Å². The first kappa shape index (κ1) is 15.2. The van der Waals surface area contributed by atoms with Crippen LogP contribution < -0.4 is 5.32 Å². The van der Waals surface area contributed by atoms with Crippen molar-refractivity contribution in [2.45, 2.75) is 18.2 Å². The molecule has 0 radical (unpaired) electrons. The number of halogens is 3. The smallest absolute Gasteiger partial charge is 0.383 e. The van der Waals surface area contributed by atoms with Gasteiger partial charge in [-0.05, 0) is 0 Å². The van der Waals surface area contributed by atoms with Crippen LogP contribution in [-0.4, -0.2) is 67.6 Å². The lowest BCUT2D eigenvalue weighted by Crippen LogP contribution is -2.48. The van der Waals surface area contributed by atoms with Gasteiger partial charge in [-0.25, -0.2) is 0 Å². The molecule has 1 rings (SSSR count). The second kappa shape index (κ2) is 5.85. The molecule has 1 unspecified atom stereocenters. The third-order valence-electron chi connectivity index (χ3n) is 2.89. The number of nitrogens with zero attached hydrogens (tertiary/aromatic N) is 1. The molecular formula is C10H17F3N2O3. The zero-order chi connectivity index (χ0) is 13.8. The Morgan fingerprint density at radius 2 is 2.22 bits per heavy atom. The molecule has 0 aromatic carbocycles. The lowest BCUT2D eigenvalue weighted by atomic mass is 10.0. The molecule has 1 heterocycles. The lowest BCUT2D eigenvalue weighted by Gasteiger charge is -2.25. The van der Waals surface area contributed by atoms with Crippen molar-refractivity contribution in [2.75, 3.05) is 39.9 Å². The van der Waals surface area contributed by atoms with Crippen LogP contribution in [0.1, 0.15) is 6.42 Å². The molecule has 5 nitrogen and oxygen atoms in total. The lowest BCUT2D eigenvalue weighted by molar-refractivity contribution is -0.253. The third-order valence-corrected chi connectivity index (χ3v) is 2.89. The minimum absolute atomic E-state index is 0.0582. The standard InChI is InChI=1S/C10H17F3N2O3/c1-18-5-3-14-6-8(16)15-4-2-9(17,7-15)10(11,12)13/h14,17H,2-7H2,1H3. The normalized spacial score (nSPS) is 24.6. The second-order valence-electron chi connectivity index (χ2n) is 4.26. The molecule has 0 aliphatic carbocycles. The molecule has 2 N–H and O–H groups in total. The highest BCUT2D eigenvalue weighted by Crippen LogP contribution is 2.37. The largest absolute Gasteiger partial charge is 0.419 e. The van der Waals surface area contributed by atoms with E-state index in [4.69, 9.17) is 4.74 Å². The van der Waals surface area contributed by atoms with Crippen molar-refractivity contribution >= 4 is 5.91 Å². The molecule has 1 amide bonds. The SMILES string of the molecule is COCCNCC(=O)N1CCC(O)(C(F)(F)F)C1. The predicted molar refractivity (Wildman–Crippen MR) is 56.9 cm³/mol. The van der Waals surface area contributed by atoms with Crippen LogP contribution >= 0.6 is 0 Å². The summed E-state index contributed by atoms with van der Waals surface area (Å²) in [6.07, 6.45) is -5.17. The average molecular weight is 270 g/mol. The summed E-state index contributed by atoms with van der Waals surface area (Å²) < 4.78 is 42.3. The Bertz CT molecular complexity index is 299. The maximum Gasteiger partial charge on any atom is 0.419 e. The van der Waals surface area contributed by atoms with E-state index >= 15 is 0 Å². The van der Waals surface area contributed by atoms with Crippen molar-refractivity contribution in [3.05, 3.63) is 0 Å². The number of ether oxygens (including phenoxy) is 1. The molecule has 0 aromatic heterocycles. The van der Waals surface area contributed by atoms with Gasteiger partial charge in [0.05, 0.1) is 19.7 Å². The zero-order valence-corrected chi connectivity index (χ0v) is 10.1. The summed E-state index contributed by atoms with van der Waals surface area (Å²) in [7, 11) is 1.51. The number of likely N-dealkylation sites (tertiary alicyclic amines) is 1. The van der Waals surface area contributed by atoms with E-state index in [-0.39, 0.29) is 13.1 Å². The fraction of sp³-hybridized carbons (Fsp3) is 0.900. The van der Waals surface area contributed by atoms with Crippen LogP contribution in [0.5, 0.6) is 0 Å². The van der Waals surface area contributed by atoms with Crippen LogP contribution in [0.3, 0.4) is 0 Å². The highest BCUT2D eigenvalue weighted by molar-refractivity contribution is 5.78. The van der Waals surface area contributed by atoms with Gasteiger partial charge in [-0.15, -0.1) is 0 Å². The molecule has 0 bridgehead atoms. The summed E-state index contributed by atoms with van der Waals surface area (Å²) >= 11 is 0. The van der Waals surface area contributed by atoms with Gasteiger partial charge in [0.15, 0.2) is 5.60 Å². The molecule has 0 aromatic rings. The zero-order valence-electron chi connectivity index (χ0n) is 10.1. The number of amides is 1. The molecule has 1 fully saturated rings. The summed E-state index contributed by atoms with van der Waals surface area (Å²) in [4.78, 5) is 12.6. The first-order valence-electron chi connectivity index (χ1n) is 5.57. The molecule has 8 heteroatoms. The molecule has 0 spiro atoms. The van der Waals surface area contributed by atoms with Gasteiger partial charge in [-0.1, -0.05) is 0 Å². The molecule has 18 heavy (non-hydrogen) atoms. The number of rotatable bonds is 5. The quantitative estimate of drug-likeness (QED) is 0.676. The van der Waals surface area contributed by atoms with Crippen molar-refractivity contribution < 1.29 is 27.8 Å². The Morgan fingerprint density at radius 3 is 2.72 bits per heavy atom. The maximum absolute atomic E-state index is 12.5. The fourth-order valence-corrected chi connectivity index (χ4v) is 1.72. The van der Waals surface area contributed by atoms with E-state index in [0.29, 0.717) is 13.2 Å². The molecule has 1 aliphatic rings. The number of nitrogens with one attached hydrogen (secondary N) is 1.